The van der Waals surface area contributed by atoms with Crippen molar-refractivity contribution in [3.8, 4) is 5.75 Å². The number of halogens is 1. The summed E-state index contributed by atoms with van der Waals surface area (Å²) in [7, 11) is 0. The van der Waals surface area contributed by atoms with Crippen LogP contribution in [0.15, 0.2) is 18.2 Å². The molecule has 0 spiro atoms. The minimum atomic E-state index is -1.08. The van der Waals surface area contributed by atoms with Gasteiger partial charge in [0.05, 0.1) is 0 Å². The summed E-state index contributed by atoms with van der Waals surface area (Å²) in [5.74, 6) is -1.25. The summed E-state index contributed by atoms with van der Waals surface area (Å²) in [6.07, 6.45) is -0.976. The third-order valence-corrected chi connectivity index (χ3v) is 1.80. The minimum Gasteiger partial charge on any atom is -0.479 e. The molecule has 1 rings (SSSR count). The second kappa shape index (κ2) is 4.09. The van der Waals surface area contributed by atoms with E-state index in [0.29, 0.717) is 5.56 Å². The molecule has 0 aliphatic heterocycles. The Labute approximate surface area is 81.1 Å². The van der Waals surface area contributed by atoms with Crippen LogP contribution in [0.4, 0.5) is 4.39 Å². The van der Waals surface area contributed by atoms with Gasteiger partial charge in [-0.05, 0) is 25.5 Å². The molecule has 4 heteroatoms. The second-order valence-corrected chi connectivity index (χ2v) is 3.01. The van der Waals surface area contributed by atoms with Gasteiger partial charge in [0.1, 0.15) is 11.6 Å². The van der Waals surface area contributed by atoms with E-state index in [1.54, 1.807) is 13.0 Å². The Morgan fingerprint density at radius 2 is 2.21 bits per heavy atom. The first kappa shape index (κ1) is 10.5. The predicted octanol–water partition coefficient (Wildman–Crippen LogP) is 1.99. The van der Waals surface area contributed by atoms with Crippen LogP contribution in [-0.4, -0.2) is 17.2 Å². The molecule has 0 unspecified atom stereocenters. The van der Waals surface area contributed by atoms with Crippen molar-refractivity contribution in [2.24, 2.45) is 0 Å². The topological polar surface area (TPSA) is 46.5 Å². The van der Waals surface area contributed by atoms with Crippen LogP contribution in [-0.2, 0) is 4.79 Å². The van der Waals surface area contributed by atoms with Crippen LogP contribution < -0.4 is 4.74 Å². The van der Waals surface area contributed by atoms with E-state index in [0.717, 1.165) is 0 Å². The average Bonchev–Trinajstić information content (AvgIpc) is 2.11. The molecule has 0 fully saturated rings. The van der Waals surface area contributed by atoms with Gasteiger partial charge in [0, 0.05) is 6.07 Å². The van der Waals surface area contributed by atoms with E-state index in [1.807, 2.05) is 0 Å². The molecule has 0 radical (unpaired) electrons. The summed E-state index contributed by atoms with van der Waals surface area (Å²) >= 11 is 0. The average molecular weight is 198 g/mol. The van der Waals surface area contributed by atoms with Crippen molar-refractivity contribution in [2.75, 3.05) is 0 Å². The van der Waals surface area contributed by atoms with Crippen molar-refractivity contribution in [1.82, 2.24) is 0 Å². The zero-order valence-electron chi connectivity index (χ0n) is 7.95. The van der Waals surface area contributed by atoms with Gasteiger partial charge in [0.2, 0.25) is 0 Å². The van der Waals surface area contributed by atoms with Gasteiger partial charge in [-0.1, -0.05) is 6.07 Å². The molecule has 3 nitrogen and oxygen atoms in total. The van der Waals surface area contributed by atoms with E-state index in [4.69, 9.17) is 9.84 Å². The molecule has 0 heterocycles. The molecule has 0 aromatic heterocycles. The van der Waals surface area contributed by atoms with Gasteiger partial charge in [-0.25, -0.2) is 9.18 Å². The van der Waals surface area contributed by atoms with Crippen molar-refractivity contribution in [2.45, 2.75) is 20.0 Å². The van der Waals surface area contributed by atoms with Crippen molar-refractivity contribution in [3.63, 3.8) is 0 Å². The van der Waals surface area contributed by atoms with Gasteiger partial charge in [-0.3, -0.25) is 0 Å². The molecule has 0 saturated carbocycles. The van der Waals surface area contributed by atoms with Crippen molar-refractivity contribution < 1.29 is 19.0 Å². The normalized spacial score (nSPS) is 12.2. The van der Waals surface area contributed by atoms with E-state index in [-0.39, 0.29) is 5.75 Å². The van der Waals surface area contributed by atoms with Crippen LogP contribution in [0, 0.1) is 12.7 Å². The maximum absolute atomic E-state index is 12.8. The van der Waals surface area contributed by atoms with Crippen LogP contribution in [0.3, 0.4) is 0 Å². The number of carboxylic acids is 1. The van der Waals surface area contributed by atoms with Gasteiger partial charge in [-0.15, -0.1) is 0 Å². The van der Waals surface area contributed by atoms with Gasteiger partial charge >= 0.3 is 5.97 Å². The summed E-state index contributed by atoms with van der Waals surface area (Å²) < 4.78 is 17.8. The molecule has 76 valence electrons. The fourth-order valence-electron chi connectivity index (χ4n) is 0.942. The van der Waals surface area contributed by atoms with Crippen molar-refractivity contribution in [1.29, 1.82) is 0 Å². The fraction of sp³-hybridized carbons (Fsp3) is 0.300. The third-order valence-electron chi connectivity index (χ3n) is 1.80. The molecule has 0 aliphatic rings. The second-order valence-electron chi connectivity index (χ2n) is 3.01. The molecular weight excluding hydrogens is 187 g/mol. The lowest BCUT2D eigenvalue weighted by Gasteiger charge is -2.12. The molecule has 1 aromatic carbocycles. The summed E-state index contributed by atoms with van der Waals surface area (Å²) in [6, 6.07) is 4.02. The van der Waals surface area contributed by atoms with E-state index >= 15 is 0 Å². The Hall–Kier alpha value is -1.58. The number of aliphatic carboxylic acids is 1. The first-order valence-electron chi connectivity index (χ1n) is 4.16. The van der Waals surface area contributed by atoms with E-state index in [2.05, 4.69) is 0 Å². The molecule has 0 saturated heterocycles. The highest BCUT2D eigenvalue weighted by molar-refractivity contribution is 5.72. The van der Waals surface area contributed by atoms with Gasteiger partial charge < -0.3 is 9.84 Å². The number of benzene rings is 1. The summed E-state index contributed by atoms with van der Waals surface area (Å²) in [5, 5.41) is 8.58. The van der Waals surface area contributed by atoms with Crippen LogP contribution in [0.2, 0.25) is 0 Å². The van der Waals surface area contributed by atoms with Gasteiger partial charge in [-0.2, -0.15) is 0 Å². The first-order valence-corrected chi connectivity index (χ1v) is 4.16. The SMILES string of the molecule is Cc1ccc(F)cc1O[C@H](C)C(=O)O. The number of carboxylic acid groups (broad SMARTS) is 1. The number of carbonyl (C=O) groups is 1. The number of ether oxygens (including phenoxy) is 1. The largest absolute Gasteiger partial charge is 0.479 e. The third kappa shape index (κ3) is 2.45. The number of aryl methyl sites for hydroxylation is 1. The van der Waals surface area contributed by atoms with Crippen LogP contribution in [0.25, 0.3) is 0 Å². The Bertz CT molecular complexity index is 349. The highest BCUT2D eigenvalue weighted by Gasteiger charge is 2.13. The Morgan fingerprint density at radius 1 is 1.57 bits per heavy atom. The smallest absolute Gasteiger partial charge is 0.344 e. The van der Waals surface area contributed by atoms with Crippen molar-refractivity contribution >= 4 is 5.97 Å². The standard InChI is InChI=1S/C10H11FO3/c1-6-3-4-8(11)5-9(6)14-7(2)10(12)13/h3-5,7H,1-2H3,(H,12,13)/t7-/m1/s1. The quantitative estimate of drug-likeness (QED) is 0.807. The van der Waals surface area contributed by atoms with E-state index in [9.17, 15) is 9.18 Å². The van der Waals surface area contributed by atoms with Crippen LogP contribution >= 0.6 is 0 Å². The zero-order chi connectivity index (χ0) is 10.7. The van der Waals surface area contributed by atoms with E-state index in [1.165, 1.54) is 19.1 Å². The minimum absolute atomic E-state index is 0.264. The Morgan fingerprint density at radius 3 is 2.79 bits per heavy atom. The zero-order valence-corrected chi connectivity index (χ0v) is 7.95. The maximum atomic E-state index is 12.8. The lowest BCUT2D eigenvalue weighted by atomic mass is 10.2. The summed E-state index contributed by atoms with van der Waals surface area (Å²) in [6.45, 7) is 3.12. The molecular formula is C10H11FO3. The lowest BCUT2D eigenvalue weighted by Crippen LogP contribution is -2.23. The van der Waals surface area contributed by atoms with Gasteiger partial charge in [0.25, 0.3) is 0 Å². The highest BCUT2D eigenvalue weighted by Crippen LogP contribution is 2.19. The molecule has 1 aromatic rings. The molecule has 0 aliphatic carbocycles. The lowest BCUT2D eigenvalue weighted by molar-refractivity contribution is -0.144. The van der Waals surface area contributed by atoms with Gasteiger partial charge in [0.15, 0.2) is 6.10 Å². The van der Waals surface area contributed by atoms with E-state index < -0.39 is 17.9 Å². The van der Waals surface area contributed by atoms with Crippen molar-refractivity contribution in [3.05, 3.63) is 29.6 Å². The number of hydrogen-bond acceptors (Lipinski definition) is 2. The molecule has 0 amide bonds. The summed E-state index contributed by atoms with van der Waals surface area (Å²) in [4.78, 5) is 10.5. The van der Waals surface area contributed by atoms with Crippen LogP contribution in [0.5, 0.6) is 5.75 Å². The number of rotatable bonds is 3. The molecule has 1 N–H and O–H groups in total. The molecule has 14 heavy (non-hydrogen) atoms. The monoisotopic (exact) mass is 198 g/mol. The Balaban J connectivity index is 2.85. The fourth-order valence-corrected chi connectivity index (χ4v) is 0.942. The van der Waals surface area contributed by atoms with Crippen LogP contribution in [0.1, 0.15) is 12.5 Å². The molecule has 0 bridgehead atoms. The Kier molecular flexibility index (Phi) is 3.06. The molecule has 1 atom stereocenters. The highest BCUT2D eigenvalue weighted by atomic mass is 19.1. The number of hydrogen-bond donors (Lipinski definition) is 1. The predicted molar refractivity (Wildman–Crippen MR) is 48.9 cm³/mol. The maximum Gasteiger partial charge on any atom is 0.344 e. The first-order chi connectivity index (χ1) is 6.50. The summed E-state index contributed by atoms with van der Waals surface area (Å²) in [5.41, 5.74) is 0.708.